The van der Waals surface area contributed by atoms with Gasteiger partial charge in [0.05, 0.1) is 5.92 Å². The summed E-state index contributed by atoms with van der Waals surface area (Å²) in [5.41, 5.74) is 0. The number of carbonyl (C=O) groups is 2. The van der Waals surface area contributed by atoms with E-state index >= 15 is 0 Å². The fraction of sp³-hybridized carbons (Fsp3) is 0.667. The number of hydrogen-bond donors (Lipinski definition) is 0. The van der Waals surface area contributed by atoms with Crippen LogP contribution in [0.1, 0.15) is 0 Å². The third kappa shape index (κ3) is 2.20. The lowest BCUT2D eigenvalue weighted by molar-refractivity contribution is -0.135. The number of likely N-dealkylation sites (tertiary alicyclic amines) is 2. The van der Waals surface area contributed by atoms with Crippen molar-refractivity contribution in [3.63, 3.8) is 0 Å². The first kappa shape index (κ1) is 12.1. The molecule has 0 aliphatic carbocycles. The maximum Gasteiger partial charge on any atom is 0.248 e. The van der Waals surface area contributed by atoms with E-state index in [-0.39, 0.29) is 30.3 Å². The van der Waals surface area contributed by atoms with Gasteiger partial charge in [-0.05, 0) is 0 Å². The van der Waals surface area contributed by atoms with Crippen LogP contribution in [0.4, 0.5) is 0 Å². The highest BCUT2D eigenvalue weighted by Crippen LogP contribution is 2.32. The molecule has 0 aromatic rings. The summed E-state index contributed by atoms with van der Waals surface area (Å²) in [6, 6.07) is 0. The summed E-state index contributed by atoms with van der Waals surface area (Å²) in [7, 11) is 1.51. The first-order valence-electron chi connectivity index (χ1n) is 5.83. The Labute approximate surface area is 101 Å². The molecule has 0 bridgehead atoms. The highest BCUT2D eigenvalue weighted by molar-refractivity contribution is 5.85. The van der Waals surface area contributed by atoms with E-state index in [9.17, 15) is 9.59 Å². The van der Waals surface area contributed by atoms with Crippen molar-refractivity contribution in [1.29, 1.82) is 0 Å². The van der Waals surface area contributed by atoms with Gasteiger partial charge in [0.1, 0.15) is 6.61 Å². The number of fused-ring (bicyclic) bond motifs is 1. The van der Waals surface area contributed by atoms with Crippen LogP contribution in [-0.2, 0) is 14.3 Å². The SMILES string of the molecule is C=CCN1C[C@H]2CN(C(=O)COC)C[C@H]2C1=O. The third-order valence-electron chi connectivity index (χ3n) is 3.49. The summed E-state index contributed by atoms with van der Waals surface area (Å²) in [4.78, 5) is 27.2. The second-order valence-corrected chi connectivity index (χ2v) is 4.63. The standard InChI is InChI=1S/C12H18N2O3/c1-3-4-13-5-9-6-14(11(15)8-17-2)7-10(9)12(13)16/h3,9-10H,1,4-8H2,2H3/t9-,10+/m0/s1. The number of rotatable bonds is 4. The van der Waals surface area contributed by atoms with Crippen molar-refractivity contribution in [2.45, 2.75) is 0 Å². The molecule has 2 aliphatic heterocycles. The lowest BCUT2D eigenvalue weighted by Crippen LogP contribution is -2.37. The Morgan fingerprint density at radius 3 is 2.88 bits per heavy atom. The quantitative estimate of drug-likeness (QED) is 0.634. The number of ether oxygens (including phenoxy) is 1. The van der Waals surface area contributed by atoms with Crippen LogP contribution in [0.5, 0.6) is 0 Å². The predicted molar refractivity (Wildman–Crippen MR) is 62.2 cm³/mol. The van der Waals surface area contributed by atoms with Gasteiger partial charge in [0.15, 0.2) is 0 Å². The molecule has 2 heterocycles. The van der Waals surface area contributed by atoms with E-state index in [2.05, 4.69) is 6.58 Å². The molecular weight excluding hydrogens is 220 g/mol. The molecule has 94 valence electrons. The molecule has 2 amide bonds. The zero-order valence-electron chi connectivity index (χ0n) is 10.1. The van der Waals surface area contributed by atoms with Gasteiger partial charge in [0.25, 0.3) is 0 Å². The van der Waals surface area contributed by atoms with Crippen molar-refractivity contribution in [2.75, 3.05) is 39.9 Å². The fourth-order valence-corrected chi connectivity index (χ4v) is 2.68. The van der Waals surface area contributed by atoms with Gasteiger partial charge in [-0.2, -0.15) is 0 Å². The average Bonchev–Trinajstić information content (AvgIpc) is 2.82. The molecule has 0 N–H and O–H groups in total. The van der Waals surface area contributed by atoms with Gasteiger partial charge in [0.2, 0.25) is 11.8 Å². The molecule has 2 aliphatic rings. The molecule has 0 saturated carbocycles. The first-order valence-corrected chi connectivity index (χ1v) is 5.83. The second-order valence-electron chi connectivity index (χ2n) is 4.63. The van der Waals surface area contributed by atoms with Crippen LogP contribution in [0.2, 0.25) is 0 Å². The number of amides is 2. The van der Waals surface area contributed by atoms with Gasteiger partial charge >= 0.3 is 0 Å². The van der Waals surface area contributed by atoms with Crippen LogP contribution >= 0.6 is 0 Å². The molecule has 5 heteroatoms. The number of carbonyl (C=O) groups excluding carboxylic acids is 2. The van der Waals surface area contributed by atoms with E-state index < -0.39 is 0 Å². The Bertz CT molecular complexity index is 343. The minimum Gasteiger partial charge on any atom is -0.375 e. The maximum atomic E-state index is 12.0. The number of methoxy groups -OCH3 is 1. The molecule has 0 spiro atoms. The van der Waals surface area contributed by atoms with E-state index in [0.29, 0.717) is 19.6 Å². The topological polar surface area (TPSA) is 49.9 Å². The largest absolute Gasteiger partial charge is 0.375 e. The minimum absolute atomic E-state index is 0.0178. The van der Waals surface area contributed by atoms with Gasteiger partial charge < -0.3 is 14.5 Å². The van der Waals surface area contributed by atoms with Crippen LogP contribution in [0.25, 0.3) is 0 Å². The van der Waals surface area contributed by atoms with Crippen LogP contribution in [-0.4, -0.2) is 61.5 Å². The molecule has 0 aromatic carbocycles. The number of hydrogen-bond acceptors (Lipinski definition) is 3. The van der Waals surface area contributed by atoms with Crippen molar-refractivity contribution in [2.24, 2.45) is 11.8 Å². The monoisotopic (exact) mass is 238 g/mol. The van der Waals surface area contributed by atoms with E-state index in [1.165, 1.54) is 7.11 Å². The zero-order valence-corrected chi connectivity index (χ0v) is 10.1. The molecule has 0 radical (unpaired) electrons. The number of nitrogens with zero attached hydrogens (tertiary/aromatic N) is 2. The first-order chi connectivity index (χ1) is 8.17. The predicted octanol–water partition coefficient (Wildman–Crippen LogP) is -0.264. The van der Waals surface area contributed by atoms with Crippen molar-refractivity contribution >= 4 is 11.8 Å². The third-order valence-corrected chi connectivity index (χ3v) is 3.49. The van der Waals surface area contributed by atoms with E-state index in [1.54, 1.807) is 11.0 Å². The fourth-order valence-electron chi connectivity index (χ4n) is 2.68. The molecule has 5 nitrogen and oxygen atoms in total. The molecule has 2 fully saturated rings. The molecule has 2 atom stereocenters. The Hall–Kier alpha value is -1.36. The van der Waals surface area contributed by atoms with Crippen LogP contribution in [0, 0.1) is 11.8 Å². The molecular formula is C12H18N2O3. The highest BCUT2D eigenvalue weighted by atomic mass is 16.5. The smallest absolute Gasteiger partial charge is 0.248 e. The highest BCUT2D eigenvalue weighted by Gasteiger charge is 2.46. The summed E-state index contributed by atoms with van der Waals surface area (Å²) in [5.74, 6) is 0.395. The van der Waals surface area contributed by atoms with Crippen molar-refractivity contribution in [3.05, 3.63) is 12.7 Å². The Morgan fingerprint density at radius 1 is 1.53 bits per heavy atom. The van der Waals surface area contributed by atoms with E-state index in [1.807, 2.05) is 4.90 Å². The normalized spacial score (nSPS) is 27.5. The van der Waals surface area contributed by atoms with Crippen molar-refractivity contribution in [1.82, 2.24) is 9.80 Å². The molecule has 17 heavy (non-hydrogen) atoms. The van der Waals surface area contributed by atoms with Crippen molar-refractivity contribution in [3.8, 4) is 0 Å². The van der Waals surface area contributed by atoms with Gasteiger partial charge in [-0.1, -0.05) is 6.08 Å². The van der Waals surface area contributed by atoms with Crippen LogP contribution in [0.15, 0.2) is 12.7 Å². The summed E-state index contributed by atoms with van der Waals surface area (Å²) in [6.07, 6.45) is 1.74. The zero-order chi connectivity index (χ0) is 12.4. The lowest BCUT2D eigenvalue weighted by atomic mass is 10.0. The van der Waals surface area contributed by atoms with E-state index in [0.717, 1.165) is 6.54 Å². The van der Waals surface area contributed by atoms with Gasteiger partial charge in [0, 0.05) is 39.2 Å². The minimum atomic E-state index is -0.0232. The van der Waals surface area contributed by atoms with Gasteiger partial charge in [-0.25, -0.2) is 0 Å². The Balaban J connectivity index is 1.95. The Kier molecular flexibility index (Phi) is 3.47. The summed E-state index contributed by atoms with van der Waals surface area (Å²) >= 11 is 0. The molecule has 2 rings (SSSR count). The van der Waals surface area contributed by atoms with Crippen LogP contribution in [0.3, 0.4) is 0 Å². The molecule has 0 unspecified atom stereocenters. The second kappa shape index (κ2) is 4.87. The Morgan fingerprint density at radius 2 is 2.29 bits per heavy atom. The van der Waals surface area contributed by atoms with E-state index in [4.69, 9.17) is 4.74 Å². The maximum absolute atomic E-state index is 12.0. The van der Waals surface area contributed by atoms with Crippen molar-refractivity contribution < 1.29 is 14.3 Å². The summed E-state index contributed by atoms with van der Waals surface area (Å²) in [5, 5.41) is 0. The van der Waals surface area contributed by atoms with Gasteiger partial charge in [-0.3, -0.25) is 9.59 Å². The summed E-state index contributed by atoms with van der Waals surface area (Å²) < 4.78 is 4.82. The van der Waals surface area contributed by atoms with Gasteiger partial charge in [-0.15, -0.1) is 6.58 Å². The average molecular weight is 238 g/mol. The molecule has 2 saturated heterocycles. The lowest BCUT2D eigenvalue weighted by Gasteiger charge is -2.20. The summed E-state index contributed by atoms with van der Waals surface area (Å²) in [6.45, 7) is 6.31. The molecule has 0 aromatic heterocycles. The van der Waals surface area contributed by atoms with Crippen LogP contribution < -0.4 is 0 Å².